The van der Waals surface area contributed by atoms with Gasteiger partial charge in [0.1, 0.15) is 11.5 Å². The Balaban J connectivity index is 1.90. The van der Waals surface area contributed by atoms with E-state index in [-0.39, 0.29) is 12.6 Å². The number of halogens is 3. The van der Waals surface area contributed by atoms with Crippen molar-refractivity contribution in [3.8, 4) is 0 Å². The van der Waals surface area contributed by atoms with Gasteiger partial charge in [-0.25, -0.2) is 0 Å². The van der Waals surface area contributed by atoms with Crippen molar-refractivity contribution in [1.29, 1.82) is 0 Å². The standard InChI is InChI=1S/C14H21F3N2O/c1-10(2)18-7-12-5-6-13(20-12)8-19(11-3-4-11)9-14(15,16)17/h5-6,10-11,18H,3-4,7-9H2,1-2H3. The molecule has 1 N–H and O–H groups in total. The molecule has 0 spiro atoms. The smallest absolute Gasteiger partial charge is 0.401 e. The van der Waals surface area contributed by atoms with Crippen molar-refractivity contribution in [3.05, 3.63) is 23.7 Å². The SMILES string of the molecule is CC(C)NCc1ccc(CN(CC(F)(F)F)C2CC2)o1. The minimum absolute atomic E-state index is 0.0546. The lowest BCUT2D eigenvalue weighted by atomic mass is 10.3. The van der Waals surface area contributed by atoms with Crippen molar-refractivity contribution in [3.63, 3.8) is 0 Å². The summed E-state index contributed by atoms with van der Waals surface area (Å²) in [6.45, 7) is 4.02. The molecule has 0 unspecified atom stereocenters. The normalized spacial score (nSPS) is 16.4. The molecule has 1 saturated carbocycles. The summed E-state index contributed by atoms with van der Waals surface area (Å²) in [5.41, 5.74) is 0. The minimum atomic E-state index is -4.16. The van der Waals surface area contributed by atoms with Gasteiger partial charge in [0.2, 0.25) is 0 Å². The van der Waals surface area contributed by atoms with Gasteiger partial charge >= 0.3 is 6.18 Å². The molecular weight excluding hydrogens is 269 g/mol. The number of furan rings is 1. The zero-order valence-corrected chi connectivity index (χ0v) is 11.8. The van der Waals surface area contributed by atoms with Crippen LogP contribution >= 0.6 is 0 Å². The largest absolute Gasteiger partial charge is 0.463 e. The van der Waals surface area contributed by atoms with Gasteiger partial charge < -0.3 is 9.73 Å². The maximum Gasteiger partial charge on any atom is 0.401 e. The molecule has 1 aliphatic carbocycles. The fourth-order valence-corrected chi connectivity index (χ4v) is 2.09. The van der Waals surface area contributed by atoms with Crippen molar-refractivity contribution in [2.24, 2.45) is 0 Å². The number of alkyl halides is 3. The zero-order valence-electron chi connectivity index (χ0n) is 11.8. The van der Waals surface area contributed by atoms with Crippen LogP contribution in [-0.2, 0) is 13.1 Å². The summed E-state index contributed by atoms with van der Waals surface area (Å²) >= 11 is 0. The molecule has 1 heterocycles. The van der Waals surface area contributed by atoms with Gasteiger partial charge in [0.05, 0.1) is 19.6 Å². The molecule has 3 nitrogen and oxygen atoms in total. The number of rotatable bonds is 7. The predicted octanol–water partition coefficient (Wildman–Crippen LogP) is 3.30. The molecule has 114 valence electrons. The first kappa shape index (κ1) is 15.4. The molecular formula is C14H21F3N2O. The average molecular weight is 290 g/mol. The Bertz CT molecular complexity index is 424. The summed E-state index contributed by atoms with van der Waals surface area (Å²) in [6.07, 6.45) is -2.46. The van der Waals surface area contributed by atoms with Crippen molar-refractivity contribution in [2.75, 3.05) is 6.54 Å². The number of nitrogens with one attached hydrogen (secondary N) is 1. The van der Waals surface area contributed by atoms with E-state index >= 15 is 0 Å². The van der Waals surface area contributed by atoms with Crippen LogP contribution in [0.25, 0.3) is 0 Å². The number of hydrogen-bond donors (Lipinski definition) is 1. The highest BCUT2D eigenvalue weighted by atomic mass is 19.4. The van der Waals surface area contributed by atoms with E-state index < -0.39 is 12.7 Å². The van der Waals surface area contributed by atoms with Crippen molar-refractivity contribution in [1.82, 2.24) is 10.2 Å². The highest BCUT2D eigenvalue weighted by Gasteiger charge is 2.38. The quantitative estimate of drug-likeness (QED) is 0.835. The predicted molar refractivity (Wildman–Crippen MR) is 70.2 cm³/mol. The van der Waals surface area contributed by atoms with E-state index in [0.717, 1.165) is 18.6 Å². The average Bonchev–Trinajstić information content (AvgIpc) is 3.06. The molecule has 0 atom stereocenters. The van der Waals surface area contributed by atoms with Gasteiger partial charge in [-0.3, -0.25) is 4.90 Å². The summed E-state index contributed by atoms with van der Waals surface area (Å²) < 4.78 is 43.2. The summed E-state index contributed by atoms with van der Waals surface area (Å²) in [6, 6.07) is 3.99. The fraction of sp³-hybridized carbons (Fsp3) is 0.714. The summed E-state index contributed by atoms with van der Waals surface area (Å²) in [5, 5.41) is 3.21. The second-order valence-corrected chi connectivity index (χ2v) is 5.65. The lowest BCUT2D eigenvalue weighted by molar-refractivity contribution is -0.148. The minimum Gasteiger partial charge on any atom is -0.463 e. The molecule has 1 aliphatic rings. The molecule has 20 heavy (non-hydrogen) atoms. The maximum absolute atomic E-state index is 12.5. The first-order valence-corrected chi connectivity index (χ1v) is 6.95. The van der Waals surface area contributed by atoms with Gasteiger partial charge in [-0.1, -0.05) is 13.8 Å². The molecule has 1 aromatic heterocycles. The maximum atomic E-state index is 12.5. The van der Waals surface area contributed by atoms with Crippen LogP contribution in [0.2, 0.25) is 0 Å². The van der Waals surface area contributed by atoms with Crippen molar-refractivity contribution >= 4 is 0 Å². The third-order valence-electron chi connectivity index (χ3n) is 3.21. The van der Waals surface area contributed by atoms with E-state index in [1.54, 1.807) is 6.07 Å². The van der Waals surface area contributed by atoms with Crippen LogP contribution in [-0.4, -0.2) is 29.7 Å². The van der Waals surface area contributed by atoms with Gasteiger partial charge in [-0.2, -0.15) is 13.2 Å². The second-order valence-electron chi connectivity index (χ2n) is 5.65. The monoisotopic (exact) mass is 290 g/mol. The first-order valence-electron chi connectivity index (χ1n) is 6.95. The summed E-state index contributed by atoms with van der Waals surface area (Å²) in [5.74, 6) is 1.36. The van der Waals surface area contributed by atoms with Gasteiger partial charge in [0.15, 0.2) is 0 Å². The van der Waals surface area contributed by atoms with E-state index in [2.05, 4.69) is 5.32 Å². The number of nitrogens with zero attached hydrogens (tertiary/aromatic N) is 1. The highest BCUT2D eigenvalue weighted by molar-refractivity contribution is 5.08. The lowest BCUT2D eigenvalue weighted by Gasteiger charge is -2.22. The van der Waals surface area contributed by atoms with Crippen molar-refractivity contribution < 1.29 is 17.6 Å². The molecule has 0 bridgehead atoms. The van der Waals surface area contributed by atoms with Crippen LogP contribution in [0.15, 0.2) is 16.5 Å². The molecule has 0 saturated heterocycles. The third-order valence-corrected chi connectivity index (χ3v) is 3.21. The summed E-state index contributed by atoms with van der Waals surface area (Å²) in [4.78, 5) is 1.46. The Kier molecular flexibility index (Phi) is 4.75. The van der Waals surface area contributed by atoms with Gasteiger partial charge in [-0.05, 0) is 25.0 Å². The Morgan fingerprint density at radius 2 is 1.95 bits per heavy atom. The highest BCUT2D eigenvalue weighted by Crippen LogP contribution is 2.31. The Labute approximate surface area is 117 Å². The fourth-order valence-electron chi connectivity index (χ4n) is 2.09. The van der Waals surface area contributed by atoms with Gasteiger partial charge in [0.25, 0.3) is 0 Å². The third kappa shape index (κ3) is 5.17. The number of hydrogen-bond acceptors (Lipinski definition) is 3. The van der Waals surface area contributed by atoms with Crippen LogP contribution in [0.1, 0.15) is 38.2 Å². The zero-order chi connectivity index (χ0) is 14.8. The van der Waals surface area contributed by atoms with Crippen LogP contribution in [0.5, 0.6) is 0 Å². The molecule has 2 rings (SSSR count). The molecule has 6 heteroatoms. The van der Waals surface area contributed by atoms with Crippen LogP contribution in [0.4, 0.5) is 13.2 Å². The van der Waals surface area contributed by atoms with E-state index in [9.17, 15) is 13.2 Å². The second kappa shape index (κ2) is 6.18. The molecule has 0 aliphatic heterocycles. The van der Waals surface area contributed by atoms with Gasteiger partial charge in [0, 0.05) is 12.1 Å². The molecule has 0 radical (unpaired) electrons. The van der Waals surface area contributed by atoms with Gasteiger partial charge in [-0.15, -0.1) is 0 Å². The Hall–Kier alpha value is -1.01. The topological polar surface area (TPSA) is 28.4 Å². The van der Waals surface area contributed by atoms with Crippen molar-refractivity contribution in [2.45, 2.75) is 58.0 Å². The van der Waals surface area contributed by atoms with E-state index in [1.807, 2.05) is 19.9 Å². The lowest BCUT2D eigenvalue weighted by Crippen LogP contribution is -2.35. The molecule has 0 amide bonds. The molecule has 1 aromatic rings. The van der Waals surface area contributed by atoms with E-state index in [1.165, 1.54) is 4.90 Å². The Morgan fingerprint density at radius 1 is 1.30 bits per heavy atom. The summed E-state index contributed by atoms with van der Waals surface area (Å²) in [7, 11) is 0. The Morgan fingerprint density at radius 3 is 2.50 bits per heavy atom. The molecule has 1 fully saturated rings. The van der Waals surface area contributed by atoms with Crippen LogP contribution in [0.3, 0.4) is 0 Å². The van der Waals surface area contributed by atoms with Crippen LogP contribution in [0, 0.1) is 0 Å². The van der Waals surface area contributed by atoms with E-state index in [4.69, 9.17) is 4.42 Å². The van der Waals surface area contributed by atoms with Crippen LogP contribution < -0.4 is 5.32 Å². The van der Waals surface area contributed by atoms with E-state index in [0.29, 0.717) is 18.3 Å². The first-order chi connectivity index (χ1) is 9.33. The molecule has 0 aromatic carbocycles.